The van der Waals surface area contributed by atoms with Crippen LogP contribution in [0, 0.1) is 12.7 Å². The molecule has 1 saturated heterocycles. The number of rotatable bonds is 4. The predicted molar refractivity (Wildman–Crippen MR) is 90.0 cm³/mol. The second kappa shape index (κ2) is 6.91. The summed E-state index contributed by atoms with van der Waals surface area (Å²) in [7, 11) is -3.59. The van der Waals surface area contributed by atoms with Crippen LogP contribution in [0.5, 0.6) is 5.75 Å². The Balaban J connectivity index is 1.67. The van der Waals surface area contributed by atoms with E-state index in [1.54, 1.807) is 6.92 Å². The van der Waals surface area contributed by atoms with Crippen molar-refractivity contribution in [3.8, 4) is 5.75 Å². The van der Waals surface area contributed by atoms with Crippen LogP contribution in [0.15, 0.2) is 53.4 Å². The second-order valence-electron chi connectivity index (χ2n) is 5.94. The van der Waals surface area contributed by atoms with Crippen molar-refractivity contribution in [3.63, 3.8) is 0 Å². The number of piperidine rings is 1. The molecule has 2 aromatic rings. The van der Waals surface area contributed by atoms with Gasteiger partial charge >= 0.3 is 0 Å². The molecule has 0 aliphatic carbocycles. The molecule has 0 spiro atoms. The maximum atomic E-state index is 13.2. The smallest absolute Gasteiger partial charge is 0.243 e. The molecule has 24 heavy (non-hydrogen) atoms. The van der Waals surface area contributed by atoms with E-state index in [2.05, 4.69) is 0 Å². The molecule has 0 radical (unpaired) electrons. The minimum absolute atomic E-state index is 0.00756. The Morgan fingerprint density at radius 2 is 1.75 bits per heavy atom. The van der Waals surface area contributed by atoms with Crippen molar-refractivity contribution in [1.82, 2.24) is 4.31 Å². The van der Waals surface area contributed by atoms with Gasteiger partial charge in [-0.25, -0.2) is 12.8 Å². The normalized spacial score (nSPS) is 16.9. The van der Waals surface area contributed by atoms with Crippen LogP contribution in [-0.4, -0.2) is 31.9 Å². The van der Waals surface area contributed by atoms with Crippen LogP contribution < -0.4 is 4.74 Å². The van der Waals surface area contributed by atoms with Crippen LogP contribution in [0.4, 0.5) is 4.39 Å². The molecule has 6 heteroatoms. The first-order valence-corrected chi connectivity index (χ1v) is 9.39. The van der Waals surface area contributed by atoms with E-state index in [4.69, 9.17) is 4.74 Å². The lowest BCUT2D eigenvalue weighted by molar-refractivity contribution is 0.135. The van der Waals surface area contributed by atoms with Crippen molar-refractivity contribution in [2.45, 2.75) is 30.8 Å². The summed E-state index contributed by atoms with van der Waals surface area (Å²) in [6.07, 6.45) is 1.27. The molecule has 1 aliphatic heterocycles. The molecular formula is C18H20FNO3S. The molecule has 0 atom stereocenters. The summed E-state index contributed by atoms with van der Waals surface area (Å²) in [4.78, 5) is 0.173. The van der Waals surface area contributed by atoms with Gasteiger partial charge < -0.3 is 4.74 Å². The molecule has 1 fully saturated rings. The Labute approximate surface area is 141 Å². The SMILES string of the molecule is Cc1cc(F)ccc1S(=O)(=O)N1CCC(Oc2ccccc2)CC1. The summed E-state index contributed by atoms with van der Waals surface area (Å²) >= 11 is 0. The third-order valence-corrected chi connectivity index (χ3v) is 6.26. The number of halogens is 1. The van der Waals surface area contributed by atoms with Crippen LogP contribution in [0.25, 0.3) is 0 Å². The van der Waals surface area contributed by atoms with Crippen molar-refractivity contribution < 1.29 is 17.5 Å². The lowest BCUT2D eigenvalue weighted by Crippen LogP contribution is -2.41. The highest BCUT2D eigenvalue weighted by Gasteiger charge is 2.31. The minimum atomic E-state index is -3.59. The molecule has 1 heterocycles. The zero-order chi connectivity index (χ0) is 17.2. The average molecular weight is 349 g/mol. The van der Waals surface area contributed by atoms with Gasteiger partial charge in [0.15, 0.2) is 0 Å². The van der Waals surface area contributed by atoms with Crippen molar-refractivity contribution >= 4 is 10.0 Å². The van der Waals surface area contributed by atoms with Crippen LogP contribution in [0.1, 0.15) is 18.4 Å². The summed E-state index contributed by atoms with van der Waals surface area (Å²) in [5.74, 6) is 0.370. The molecule has 2 aromatic carbocycles. The Bertz CT molecular complexity index is 800. The van der Waals surface area contributed by atoms with Crippen molar-refractivity contribution in [2.75, 3.05) is 13.1 Å². The van der Waals surface area contributed by atoms with Crippen molar-refractivity contribution in [1.29, 1.82) is 0 Å². The Hall–Kier alpha value is -1.92. The predicted octanol–water partition coefficient (Wildman–Crippen LogP) is 3.37. The molecule has 128 valence electrons. The zero-order valence-corrected chi connectivity index (χ0v) is 14.3. The molecule has 1 aliphatic rings. The fourth-order valence-electron chi connectivity index (χ4n) is 2.92. The lowest BCUT2D eigenvalue weighted by atomic mass is 10.1. The first-order chi connectivity index (χ1) is 11.5. The van der Waals surface area contributed by atoms with Gasteiger partial charge in [-0.05, 0) is 55.7 Å². The fraction of sp³-hybridized carbons (Fsp3) is 0.333. The third-order valence-electron chi connectivity index (χ3n) is 4.20. The van der Waals surface area contributed by atoms with Gasteiger partial charge in [0.05, 0.1) is 4.90 Å². The number of sulfonamides is 1. The zero-order valence-electron chi connectivity index (χ0n) is 13.5. The van der Waals surface area contributed by atoms with Crippen molar-refractivity contribution in [2.24, 2.45) is 0 Å². The molecule has 0 saturated carbocycles. The molecular weight excluding hydrogens is 329 g/mol. The van der Waals surface area contributed by atoms with E-state index in [0.717, 1.165) is 5.75 Å². The van der Waals surface area contributed by atoms with Gasteiger partial charge in [-0.1, -0.05) is 18.2 Å². The van der Waals surface area contributed by atoms with E-state index in [1.165, 1.54) is 22.5 Å². The van der Waals surface area contributed by atoms with Gasteiger partial charge in [-0.2, -0.15) is 4.31 Å². The van der Waals surface area contributed by atoms with E-state index in [0.29, 0.717) is 31.5 Å². The van der Waals surface area contributed by atoms with E-state index < -0.39 is 15.8 Å². The van der Waals surface area contributed by atoms with E-state index in [9.17, 15) is 12.8 Å². The number of hydrogen-bond donors (Lipinski definition) is 0. The summed E-state index contributed by atoms with van der Waals surface area (Å²) in [5.41, 5.74) is 0.428. The highest BCUT2D eigenvalue weighted by atomic mass is 32.2. The Morgan fingerprint density at radius 3 is 2.38 bits per heavy atom. The second-order valence-corrected chi connectivity index (χ2v) is 7.85. The first kappa shape index (κ1) is 16.9. The number of aryl methyl sites for hydroxylation is 1. The topological polar surface area (TPSA) is 46.6 Å². The highest BCUT2D eigenvalue weighted by Crippen LogP contribution is 2.25. The summed E-state index contributed by atoms with van der Waals surface area (Å²) in [6, 6.07) is 13.3. The van der Waals surface area contributed by atoms with Crippen LogP contribution in [0.2, 0.25) is 0 Å². The van der Waals surface area contributed by atoms with Gasteiger partial charge in [0.1, 0.15) is 17.7 Å². The standard InChI is InChI=1S/C18H20FNO3S/c1-14-13-15(19)7-8-18(14)24(21,22)20-11-9-17(10-12-20)23-16-5-3-2-4-6-16/h2-8,13,17H,9-12H2,1H3. The number of benzene rings is 2. The summed E-state index contributed by atoms with van der Waals surface area (Å²) in [6.45, 7) is 2.41. The third kappa shape index (κ3) is 3.60. The number of nitrogens with zero attached hydrogens (tertiary/aromatic N) is 1. The fourth-order valence-corrected chi connectivity index (χ4v) is 4.60. The molecule has 0 unspecified atom stereocenters. The molecule has 0 amide bonds. The molecule has 3 rings (SSSR count). The molecule has 0 aromatic heterocycles. The summed E-state index contributed by atoms with van der Waals surface area (Å²) < 4.78 is 46.1. The van der Waals surface area contributed by atoms with Gasteiger partial charge in [0.2, 0.25) is 10.0 Å². The Morgan fingerprint density at radius 1 is 1.08 bits per heavy atom. The van der Waals surface area contributed by atoms with Gasteiger partial charge in [-0.15, -0.1) is 0 Å². The number of hydrogen-bond acceptors (Lipinski definition) is 3. The molecule has 4 nitrogen and oxygen atoms in total. The van der Waals surface area contributed by atoms with E-state index in [1.807, 2.05) is 30.3 Å². The monoisotopic (exact) mass is 349 g/mol. The molecule has 0 N–H and O–H groups in total. The largest absolute Gasteiger partial charge is 0.490 e. The Kier molecular flexibility index (Phi) is 4.87. The maximum absolute atomic E-state index is 13.2. The molecule has 0 bridgehead atoms. The minimum Gasteiger partial charge on any atom is -0.490 e. The number of ether oxygens (including phenoxy) is 1. The van der Waals surface area contributed by atoms with Crippen molar-refractivity contribution in [3.05, 3.63) is 59.9 Å². The van der Waals surface area contributed by atoms with Gasteiger partial charge in [0, 0.05) is 13.1 Å². The van der Waals surface area contributed by atoms with Gasteiger partial charge in [0.25, 0.3) is 0 Å². The number of para-hydroxylation sites is 1. The maximum Gasteiger partial charge on any atom is 0.243 e. The van der Waals surface area contributed by atoms with E-state index in [-0.39, 0.29) is 11.0 Å². The summed E-state index contributed by atoms with van der Waals surface area (Å²) in [5, 5.41) is 0. The lowest BCUT2D eigenvalue weighted by Gasteiger charge is -2.31. The first-order valence-electron chi connectivity index (χ1n) is 7.95. The average Bonchev–Trinajstić information content (AvgIpc) is 2.56. The highest BCUT2D eigenvalue weighted by molar-refractivity contribution is 7.89. The van der Waals surface area contributed by atoms with Crippen LogP contribution in [0.3, 0.4) is 0 Å². The van der Waals surface area contributed by atoms with E-state index >= 15 is 0 Å². The quantitative estimate of drug-likeness (QED) is 0.850. The van der Waals surface area contributed by atoms with Gasteiger partial charge in [-0.3, -0.25) is 0 Å². The van der Waals surface area contributed by atoms with Crippen LogP contribution >= 0.6 is 0 Å². The van der Waals surface area contributed by atoms with Crippen LogP contribution in [-0.2, 0) is 10.0 Å².